The standard InChI is InChI=1S/C13H15ClN2O3/c14-10-5-4-9(8-11(10)16(18)19)13(12(15)17)6-2-1-3-7-13/h4-5,8H,1-3,6-7H2,(H2,15,17). The van der Waals surface area contributed by atoms with E-state index in [1.165, 1.54) is 12.1 Å². The van der Waals surface area contributed by atoms with Crippen LogP contribution in [0.1, 0.15) is 37.7 Å². The lowest BCUT2D eigenvalue weighted by Crippen LogP contribution is -2.42. The van der Waals surface area contributed by atoms with Crippen LogP contribution in [0.3, 0.4) is 0 Å². The molecule has 0 bridgehead atoms. The molecule has 5 nitrogen and oxygen atoms in total. The zero-order valence-corrected chi connectivity index (χ0v) is 11.2. The van der Waals surface area contributed by atoms with E-state index in [-0.39, 0.29) is 10.7 Å². The van der Waals surface area contributed by atoms with Gasteiger partial charge in [-0.25, -0.2) is 0 Å². The highest BCUT2D eigenvalue weighted by Gasteiger charge is 2.40. The molecule has 0 unspecified atom stereocenters. The molecular weight excluding hydrogens is 268 g/mol. The molecule has 1 aromatic rings. The maximum atomic E-state index is 11.9. The van der Waals surface area contributed by atoms with E-state index >= 15 is 0 Å². The Kier molecular flexibility index (Phi) is 3.75. The van der Waals surface area contributed by atoms with Crippen LogP contribution in [-0.4, -0.2) is 10.8 Å². The topological polar surface area (TPSA) is 86.2 Å². The number of rotatable bonds is 3. The summed E-state index contributed by atoms with van der Waals surface area (Å²) in [6, 6.07) is 4.53. The summed E-state index contributed by atoms with van der Waals surface area (Å²) >= 11 is 5.80. The number of nitro benzene ring substituents is 1. The minimum Gasteiger partial charge on any atom is -0.369 e. The van der Waals surface area contributed by atoms with Crippen LogP contribution in [0.5, 0.6) is 0 Å². The van der Waals surface area contributed by atoms with Crippen LogP contribution in [0.2, 0.25) is 5.02 Å². The van der Waals surface area contributed by atoms with Gasteiger partial charge in [-0.15, -0.1) is 0 Å². The molecule has 1 aromatic carbocycles. The number of halogens is 1. The molecule has 1 saturated carbocycles. The first-order valence-corrected chi connectivity index (χ1v) is 6.59. The maximum absolute atomic E-state index is 11.9. The molecule has 0 atom stereocenters. The maximum Gasteiger partial charge on any atom is 0.288 e. The van der Waals surface area contributed by atoms with Gasteiger partial charge >= 0.3 is 0 Å². The number of primary amides is 1. The molecule has 0 radical (unpaired) electrons. The van der Waals surface area contributed by atoms with Gasteiger partial charge in [-0.05, 0) is 24.5 Å². The van der Waals surface area contributed by atoms with Gasteiger partial charge in [-0.3, -0.25) is 14.9 Å². The normalized spacial score (nSPS) is 17.9. The molecule has 2 rings (SSSR count). The molecule has 1 amide bonds. The highest BCUT2D eigenvalue weighted by atomic mass is 35.5. The van der Waals surface area contributed by atoms with Crippen LogP contribution in [0, 0.1) is 10.1 Å². The monoisotopic (exact) mass is 282 g/mol. The van der Waals surface area contributed by atoms with Gasteiger partial charge in [0.05, 0.1) is 10.3 Å². The zero-order valence-electron chi connectivity index (χ0n) is 10.4. The third-order valence-electron chi connectivity index (χ3n) is 3.87. The van der Waals surface area contributed by atoms with Crippen LogP contribution < -0.4 is 5.73 Å². The molecule has 0 aromatic heterocycles. The fourth-order valence-electron chi connectivity index (χ4n) is 2.78. The van der Waals surface area contributed by atoms with Crippen molar-refractivity contribution in [2.75, 3.05) is 0 Å². The van der Waals surface area contributed by atoms with Crippen molar-refractivity contribution < 1.29 is 9.72 Å². The average molecular weight is 283 g/mol. The van der Waals surface area contributed by atoms with Crippen molar-refractivity contribution in [1.29, 1.82) is 0 Å². The van der Waals surface area contributed by atoms with Crippen LogP contribution in [-0.2, 0) is 10.2 Å². The van der Waals surface area contributed by atoms with Crippen molar-refractivity contribution in [3.05, 3.63) is 38.9 Å². The first-order chi connectivity index (χ1) is 8.97. The highest BCUT2D eigenvalue weighted by molar-refractivity contribution is 6.32. The number of carbonyl (C=O) groups excluding carboxylic acids is 1. The summed E-state index contributed by atoms with van der Waals surface area (Å²) in [5.74, 6) is -0.413. The zero-order chi connectivity index (χ0) is 14.0. The molecule has 1 aliphatic rings. The lowest BCUT2D eigenvalue weighted by molar-refractivity contribution is -0.384. The minimum atomic E-state index is -0.784. The van der Waals surface area contributed by atoms with Crippen molar-refractivity contribution in [3.63, 3.8) is 0 Å². The van der Waals surface area contributed by atoms with Crippen molar-refractivity contribution in [2.45, 2.75) is 37.5 Å². The molecule has 1 aliphatic carbocycles. The van der Waals surface area contributed by atoms with Crippen molar-refractivity contribution >= 4 is 23.2 Å². The lowest BCUT2D eigenvalue weighted by Gasteiger charge is -2.34. The smallest absolute Gasteiger partial charge is 0.288 e. The summed E-state index contributed by atoms with van der Waals surface area (Å²) in [6.07, 6.45) is 4.14. The first kappa shape index (κ1) is 13.8. The average Bonchev–Trinajstić information content (AvgIpc) is 2.39. The molecule has 1 fully saturated rings. The van der Waals surface area contributed by atoms with Gasteiger partial charge in [-0.2, -0.15) is 0 Å². The van der Waals surface area contributed by atoms with Gasteiger partial charge in [0.1, 0.15) is 5.02 Å². The quantitative estimate of drug-likeness (QED) is 0.683. The number of nitrogens with zero attached hydrogens (tertiary/aromatic N) is 1. The van der Waals surface area contributed by atoms with E-state index in [1.807, 2.05) is 0 Å². The molecule has 0 aliphatic heterocycles. The van der Waals surface area contributed by atoms with E-state index in [2.05, 4.69) is 0 Å². The second kappa shape index (κ2) is 5.17. The summed E-state index contributed by atoms with van der Waals surface area (Å²) < 4.78 is 0. The third kappa shape index (κ3) is 2.42. The summed E-state index contributed by atoms with van der Waals surface area (Å²) in [6.45, 7) is 0. The number of hydrogen-bond donors (Lipinski definition) is 1. The van der Waals surface area contributed by atoms with Crippen molar-refractivity contribution in [1.82, 2.24) is 0 Å². The number of nitrogens with two attached hydrogens (primary N) is 1. The lowest BCUT2D eigenvalue weighted by atomic mass is 9.69. The van der Waals surface area contributed by atoms with Gasteiger partial charge in [0.2, 0.25) is 5.91 Å². The van der Waals surface area contributed by atoms with Gasteiger partial charge < -0.3 is 5.73 Å². The van der Waals surface area contributed by atoms with Crippen LogP contribution >= 0.6 is 11.6 Å². The summed E-state index contributed by atoms with van der Waals surface area (Å²) in [7, 11) is 0. The number of benzene rings is 1. The Morgan fingerprint density at radius 1 is 1.32 bits per heavy atom. The molecule has 6 heteroatoms. The molecule has 102 valence electrons. The molecule has 2 N–H and O–H groups in total. The van der Waals surface area contributed by atoms with E-state index in [0.717, 1.165) is 19.3 Å². The predicted octanol–water partition coefficient (Wildman–Crippen LogP) is 2.94. The third-order valence-corrected chi connectivity index (χ3v) is 4.19. The fraction of sp³-hybridized carbons (Fsp3) is 0.462. The predicted molar refractivity (Wildman–Crippen MR) is 72.1 cm³/mol. The van der Waals surface area contributed by atoms with Crippen molar-refractivity contribution in [3.8, 4) is 0 Å². The van der Waals surface area contributed by atoms with Gasteiger partial charge in [0.25, 0.3) is 5.69 Å². The van der Waals surface area contributed by atoms with Crippen LogP contribution in [0.4, 0.5) is 5.69 Å². The van der Waals surface area contributed by atoms with E-state index in [1.54, 1.807) is 6.07 Å². The second-order valence-electron chi connectivity index (χ2n) is 4.93. The molecular formula is C13H15ClN2O3. The molecule has 0 spiro atoms. The van der Waals surface area contributed by atoms with E-state index in [9.17, 15) is 14.9 Å². The Balaban J connectivity index is 2.51. The minimum absolute atomic E-state index is 0.0733. The van der Waals surface area contributed by atoms with Crippen LogP contribution in [0.25, 0.3) is 0 Å². The van der Waals surface area contributed by atoms with Gasteiger partial charge in [-0.1, -0.05) is 36.9 Å². The van der Waals surface area contributed by atoms with Gasteiger partial charge in [0.15, 0.2) is 0 Å². The fourth-order valence-corrected chi connectivity index (χ4v) is 2.97. The summed E-state index contributed by atoms with van der Waals surface area (Å²) in [5, 5.41) is 11.0. The number of amides is 1. The Morgan fingerprint density at radius 3 is 2.47 bits per heavy atom. The summed E-state index contributed by atoms with van der Waals surface area (Å²) in [5.41, 5.74) is 5.20. The summed E-state index contributed by atoms with van der Waals surface area (Å²) in [4.78, 5) is 22.3. The molecule has 0 heterocycles. The first-order valence-electron chi connectivity index (χ1n) is 6.22. The van der Waals surface area contributed by atoms with Crippen molar-refractivity contribution in [2.24, 2.45) is 5.73 Å². The molecule has 0 saturated heterocycles. The van der Waals surface area contributed by atoms with Crippen LogP contribution in [0.15, 0.2) is 18.2 Å². The Labute approximate surface area is 115 Å². The van der Waals surface area contributed by atoms with Gasteiger partial charge in [0, 0.05) is 6.07 Å². The Bertz CT molecular complexity index is 525. The second-order valence-corrected chi connectivity index (χ2v) is 5.34. The number of nitro groups is 1. The Morgan fingerprint density at radius 2 is 1.95 bits per heavy atom. The van der Waals surface area contributed by atoms with E-state index < -0.39 is 16.2 Å². The largest absolute Gasteiger partial charge is 0.369 e. The van der Waals surface area contributed by atoms with E-state index in [0.29, 0.717) is 18.4 Å². The molecule has 19 heavy (non-hydrogen) atoms. The SMILES string of the molecule is NC(=O)C1(c2ccc(Cl)c([N+](=O)[O-])c2)CCCCC1. The van der Waals surface area contributed by atoms with E-state index in [4.69, 9.17) is 17.3 Å². The highest BCUT2D eigenvalue weighted by Crippen LogP contribution is 2.41. The Hall–Kier alpha value is -1.62. The number of carbonyl (C=O) groups is 1. The number of hydrogen-bond acceptors (Lipinski definition) is 3.